The van der Waals surface area contributed by atoms with E-state index in [2.05, 4.69) is 38.5 Å². The highest BCUT2D eigenvalue weighted by Gasteiger charge is 2.29. The third-order valence-electron chi connectivity index (χ3n) is 6.39. The van der Waals surface area contributed by atoms with Gasteiger partial charge in [0.1, 0.15) is 12.4 Å². The predicted octanol–water partition coefficient (Wildman–Crippen LogP) is 4.45. The molecule has 1 aliphatic rings. The molecule has 1 fully saturated rings. The third-order valence-corrected chi connectivity index (χ3v) is 7.34. The summed E-state index contributed by atoms with van der Waals surface area (Å²) >= 11 is 17.3. The van der Waals surface area contributed by atoms with Gasteiger partial charge in [-0.3, -0.25) is 0 Å². The number of fused-ring (bicyclic) bond motifs is 1. The highest BCUT2D eigenvalue weighted by atomic mass is 35.5. The van der Waals surface area contributed by atoms with Crippen LogP contribution in [0, 0.1) is 12.3 Å². The molecule has 2 aromatic heterocycles. The van der Waals surface area contributed by atoms with E-state index < -0.39 is 0 Å². The minimum atomic E-state index is -0.226. The number of benzene rings is 1. The normalized spacial score (nSPS) is 16.8. The Balaban J connectivity index is 1.36. The quantitative estimate of drug-likeness (QED) is 0.0955. The van der Waals surface area contributed by atoms with E-state index in [4.69, 9.17) is 53.3 Å². The van der Waals surface area contributed by atoms with Crippen LogP contribution in [0.5, 0.6) is 0 Å². The van der Waals surface area contributed by atoms with E-state index in [0.29, 0.717) is 81.6 Å². The molecular weight excluding hydrogens is 589 g/mol. The molecule has 4 rings (SSSR count). The molecule has 0 N–H and O–H groups in total. The summed E-state index contributed by atoms with van der Waals surface area (Å²) in [7, 11) is 0. The molecule has 0 bridgehead atoms. The summed E-state index contributed by atoms with van der Waals surface area (Å²) in [4.78, 5) is 11.2. The van der Waals surface area contributed by atoms with Gasteiger partial charge in [0.15, 0.2) is 11.9 Å². The molecule has 3 heterocycles. The van der Waals surface area contributed by atoms with E-state index in [9.17, 15) is 0 Å². The molecule has 0 radical (unpaired) electrons. The van der Waals surface area contributed by atoms with Crippen molar-refractivity contribution >= 4 is 52.7 Å². The first-order valence-electron chi connectivity index (χ1n) is 13.5. The fourth-order valence-electron chi connectivity index (χ4n) is 4.40. The van der Waals surface area contributed by atoms with E-state index in [1.807, 2.05) is 24.3 Å². The van der Waals surface area contributed by atoms with Gasteiger partial charge >= 0.3 is 0 Å². The topological polar surface area (TPSA) is 93.0 Å². The minimum Gasteiger partial charge on any atom is -0.377 e. The zero-order chi connectivity index (χ0) is 28.9. The number of terminal acetylenes is 1. The maximum atomic E-state index is 6.51. The molecule has 41 heavy (non-hydrogen) atoms. The number of anilines is 1. The monoisotopic (exact) mass is 623 g/mol. The van der Waals surface area contributed by atoms with Crippen LogP contribution in [0.2, 0.25) is 10.3 Å². The lowest BCUT2D eigenvalue weighted by Gasteiger charge is -2.25. The molecule has 2 atom stereocenters. The Hall–Kier alpha value is -2.14. The van der Waals surface area contributed by atoms with Gasteiger partial charge < -0.3 is 28.6 Å². The van der Waals surface area contributed by atoms with Gasteiger partial charge in [-0.1, -0.05) is 35.7 Å². The Morgan fingerprint density at radius 2 is 1.71 bits per heavy atom. The fraction of sp³-hybridized carbons (Fsp3) is 0.536. The Kier molecular flexibility index (Phi) is 13.3. The van der Waals surface area contributed by atoms with Crippen molar-refractivity contribution < 1.29 is 23.7 Å². The maximum Gasteiger partial charge on any atom is 0.226 e. The lowest BCUT2D eigenvalue weighted by atomic mass is 10.2. The molecule has 0 spiro atoms. The van der Waals surface area contributed by atoms with Gasteiger partial charge in [0.05, 0.1) is 63.9 Å². The van der Waals surface area contributed by atoms with Crippen LogP contribution in [0.4, 0.5) is 5.82 Å². The van der Waals surface area contributed by atoms with Crippen LogP contribution in [0.25, 0.3) is 11.0 Å². The van der Waals surface area contributed by atoms with Crippen molar-refractivity contribution in [3.8, 4) is 12.3 Å². The SMILES string of the molecule is C#CCOCCOCCOCCOCCN(Cc1ccccc1Cl)c1nc(Cl)nc2c1cnn2C1CCC(CS)O1. The van der Waals surface area contributed by atoms with E-state index in [1.54, 1.807) is 10.9 Å². The van der Waals surface area contributed by atoms with E-state index in [-0.39, 0.29) is 24.2 Å². The summed E-state index contributed by atoms with van der Waals surface area (Å²) in [6.07, 6.45) is 8.49. The summed E-state index contributed by atoms with van der Waals surface area (Å²) in [6, 6.07) is 7.71. The number of halogens is 2. The molecule has 1 saturated heterocycles. The molecule has 0 aliphatic carbocycles. The fourth-order valence-corrected chi connectivity index (χ4v) is 5.02. The van der Waals surface area contributed by atoms with Gasteiger partial charge in [-0.15, -0.1) is 6.42 Å². The number of thiol groups is 1. The van der Waals surface area contributed by atoms with Crippen LogP contribution >= 0.6 is 35.8 Å². The number of rotatable bonds is 18. The molecule has 0 amide bonds. The van der Waals surface area contributed by atoms with Crippen molar-refractivity contribution in [1.82, 2.24) is 19.7 Å². The summed E-state index contributed by atoms with van der Waals surface area (Å²) in [6.45, 7) is 4.53. The van der Waals surface area contributed by atoms with Gasteiger partial charge in [-0.2, -0.15) is 27.7 Å². The molecule has 3 aromatic rings. The molecular formula is C28H35Cl2N5O5S. The third kappa shape index (κ3) is 9.43. The maximum absolute atomic E-state index is 6.51. The molecule has 10 nitrogen and oxygen atoms in total. The second kappa shape index (κ2) is 17.1. The Bertz CT molecular complexity index is 1280. The summed E-state index contributed by atoms with van der Waals surface area (Å²) in [5, 5.41) is 6.17. The number of hydrogen-bond acceptors (Lipinski definition) is 10. The number of hydrogen-bond donors (Lipinski definition) is 1. The average Bonchev–Trinajstić information content (AvgIpc) is 3.62. The summed E-state index contributed by atoms with van der Waals surface area (Å²) in [5.74, 6) is 3.72. The Morgan fingerprint density at radius 3 is 2.39 bits per heavy atom. The van der Waals surface area contributed by atoms with Crippen LogP contribution in [0.1, 0.15) is 24.6 Å². The smallest absolute Gasteiger partial charge is 0.226 e. The van der Waals surface area contributed by atoms with Crippen molar-refractivity contribution in [3.63, 3.8) is 0 Å². The lowest BCUT2D eigenvalue weighted by Crippen LogP contribution is -2.29. The molecule has 13 heteroatoms. The van der Waals surface area contributed by atoms with Crippen LogP contribution in [-0.2, 0) is 30.2 Å². The van der Waals surface area contributed by atoms with E-state index >= 15 is 0 Å². The van der Waals surface area contributed by atoms with Gasteiger partial charge in [0.25, 0.3) is 0 Å². The van der Waals surface area contributed by atoms with Crippen molar-refractivity contribution in [2.24, 2.45) is 0 Å². The molecule has 0 saturated carbocycles. The van der Waals surface area contributed by atoms with Crippen LogP contribution in [-0.4, -0.2) is 91.0 Å². The van der Waals surface area contributed by atoms with Crippen molar-refractivity contribution in [2.75, 3.05) is 70.1 Å². The molecule has 222 valence electrons. The first-order chi connectivity index (χ1) is 20.1. The number of aromatic nitrogens is 4. The second-order valence-electron chi connectivity index (χ2n) is 9.22. The largest absolute Gasteiger partial charge is 0.377 e. The van der Waals surface area contributed by atoms with Crippen molar-refractivity contribution in [3.05, 3.63) is 46.3 Å². The highest BCUT2D eigenvalue weighted by Crippen LogP contribution is 2.34. The molecule has 1 aliphatic heterocycles. The molecule has 1 aromatic carbocycles. The first kappa shape index (κ1) is 31.8. The van der Waals surface area contributed by atoms with Crippen molar-refractivity contribution in [1.29, 1.82) is 0 Å². The van der Waals surface area contributed by atoms with Crippen LogP contribution < -0.4 is 4.90 Å². The first-order valence-corrected chi connectivity index (χ1v) is 14.9. The molecule has 2 unspecified atom stereocenters. The van der Waals surface area contributed by atoms with Crippen molar-refractivity contribution in [2.45, 2.75) is 31.7 Å². The standard InChI is InChI=1S/C28H35Cl2N5O5S/c1-2-10-36-12-14-38-16-17-39-15-13-37-11-9-34(19-21-5-3-4-6-24(21)29)26-23-18-31-35(27(23)33-28(30)32-26)25-8-7-22(20-41)40-25/h1,3-6,18,22,25,41H,7-17,19-20H2. The Labute approximate surface area is 256 Å². The van der Waals surface area contributed by atoms with Crippen LogP contribution in [0.15, 0.2) is 30.5 Å². The van der Waals surface area contributed by atoms with E-state index in [1.165, 1.54) is 0 Å². The van der Waals surface area contributed by atoms with E-state index in [0.717, 1.165) is 23.8 Å². The summed E-state index contributed by atoms with van der Waals surface area (Å²) in [5.41, 5.74) is 1.57. The predicted molar refractivity (Wildman–Crippen MR) is 162 cm³/mol. The lowest BCUT2D eigenvalue weighted by molar-refractivity contribution is 0.00209. The Morgan fingerprint density at radius 1 is 1.00 bits per heavy atom. The van der Waals surface area contributed by atoms with Crippen LogP contribution in [0.3, 0.4) is 0 Å². The second-order valence-corrected chi connectivity index (χ2v) is 10.3. The zero-order valence-electron chi connectivity index (χ0n) is 22.8. The average molecular weight is 625 g/mol. The van der Waals surface area contributed by atoms with Gasteiger partial charge in [-0.25, -0.2) is 4.68 Å². The van der Waals surface area contributed by atoms with Gasteiger partial charge in [0, 0.05) is 23.9 Å². The number of nitrogens with zero attached hydrogens (tertiary/aromatic N) is 5. The highest BCUT2D eigenvalue weighted by molar-refractivity contribution is 7.80. The summed E-state index contributed by atoms with van der Waals surface area (Å²) < 4.78 is 29.9. The van der Waals surface area contributed by atoms with Gasteiger partial charge in [0.2, 0.25) is 5.28 Å². The minimum absolute atomic E-state index is 0.0866. The van der Waals surface area contributed by atoms with Gasteiger partial charge in [-0.05, 0) is 36.1 Å². The zero-order valence-corrected chi connectivity index (χ0v) is 25.2. The number of ether oxygens (including phenoxy) is 5.